The van der Waals surface area contributed by atoms with Crippen LogP contribution in [0.5, 0.6) is 0 Å². The van der Waals surface area contributed by atoms with Crippen molar-refractivity contribution in [3.8, 4) is 0 Å². The van der Waals surface area contributed by atoms with Gasteiger partial charge in [-0.25, -0.2) is 0 Å². The molecule has 2 aliphatic carbocycles. The first-order valence-corrected chi connectivity index (χ1v) is 9.66. The zero-order chi connectivity index (χ0) is 23.1. The summed E-state index contributed by atoms with van der Waals surface area (Å²) in [5, 5.41) is 41.6. The molecule has 4 rings (SSSR count). The first-order chi connectivity index (χ1) is 15.4. The third kappa shape index (κ3) is 6.83. The summed E-state index contributed by atoms with van der Waals surface area (Å²) in [7, 11) is 0. The molecule has 8 nitrogen and oxygen atoms in total. The Morgan fingerprint density at radius 3 is 1.21 bits per heavy atom. The fraction of sp³-hybridized carbons (Fsp3) is 0.0833. The number of rotatable bonds is 6. The zero-order valence-corrected chi connectivity index (χ0v) is 18.3. The molecule has 168 valence electrons. The Hall–Kier alpha value is -2.32. The molecule has 2 aromatic carbocycles. The molecule has 0 amide bonds. The second-order valence-corrected chi connectivity index (χ2v) is 6.87. The van der Waals surface area contributed by atoms with Crippen LogP contribution in [-0.4, -0.2) is 20.1 Å². The topological polar surface area (TPSA) is 127 Å². The van der Waals surface area contributed by atoms with Crippen LogP contribution in [0.25, 0.3) is 0 Å². The van der Waals surface area contributed by atoms with Gasteiger partial charge in [-0.3, -0.25) is 20.2 Å². The van der Waals surface area contributed by atoms with E-state index in [-0.39, 0.29) is 28.4 Å². The SMILES string of the molecule is O=[N+]([O-])c1ccccc1C(O)[C]1[CH][CH][CH][CH]1.O=[N+]([O-])c1ccccc1C(O)[C]1[CH][CH][CH][CH]1.[Fe+2]. The Balaban J connectivity index is 0.000000227. The van der Waals surface area contributed by atoms with E-state index in [1.54, 1.807) is 87.8 Å². The molecule has 10 radical (unpaired) electrons. The van der Waals surface area contributed by atoms with Crippen LogP contribution in [0.15, 0.2) is 48.5 Å². The van der Waals surface area contributed by atoms with Crippen LogP contribution < -0.4 is 0 Å². The Bertz CT molecular complexity index is 853. The molecule has 0 saturated heterocycles. The molecule has 2 fully saturated rings. The van der Waals surface area contributed by atoms with Gasteiger partial charge in [-0.1, -0.05) is 24.3 Å². The van der Waals surface area contributed by atoms with Crippen molar-refractivity contribution in [2.75, 3.05) is 0 Å². The number of hydrogen-bond donors (Lipinski definition) is 2. The maximum Gasteiger partial charge on any atom is 2.00 e. The summed E-state index contributed by atoms with van der Waals surface area (Å²) < 4.78 is 0. The number of benzene rings is 2. The first kappa shape index (κ1) is 26.9. The molecule has 33 heavy (non-hydrogen) atoms. The number of para-hydroxylation sites is 2. The van der Waals surface area contributed by atoms with E-state index in [2.05, 4.69) is 0 Å². The average Bonchev–Trinajstić information content (AvgIpc) is 3.53. The van der Waals surface area contributed by atoms with Crippen LogP contribution in [0.4, 0.5) is 11.4 Å². The van der Waals surface area contributed by atoms with Gasteiger partial charge < -0.3 is 10.2 Å². The van der Waals surface area contributed by atoms with Crippen molar-refractivity contribution >= 4 is 11.4 Å². The van der Waals surface area contributed by atoms with Gasteiger partial charge in [-0.05, 0) is 63.5 Å². The molecule has 2 aliphatic rings. The van der Waals surface area contributed by atoms with Gasteiger partial charge in [0.2, 0.25) is 0 Å². The van der Waals surface area contributed by atoms with Gasteiger partial charge in [0.05, 0.1) is 33.2 Å². The largest absolute Gasteiger partial charge is 2.00 e. The molecule has 0 bridgehead atoms. The van der Waals surface area contributed by atoms with Crippen molar-refractivity contribution in [3.05, 3.63) is 143 Å². The number of nitro benzene ring substituents is 2. The van der Waals surface area contributed by atoms with Crippen molar-refractivity contribution in [2.45, 2.75) is 12.2 Å². The molecule has 2 saturated carbocycles. The fourth-order valence-corrected chi connectivity index (χ4v) is 3.27. The molecule has 0 aromatic heterocycles. The van der Waals surface area contributed by atoms with E-state index in [1.165, 1.54) is 12.1 Å². The molecular formula is C24H20FeN2O6+2. The number of hydrogen-bond acceptors (Lipinski definition) is 6. The number of nitrogens with zero attached hydrogens (tertiary/aromatic N) is 2. The summed E-state index contributed by atoms with van der Waals surface area (Å²) >= 11 is 0. The van der Waals surface area contributed by atoms with E-state index in [1.807, 2.05) is 0 Å². The third-order valence-corrected chi connectivity index (χ3v) is 4.86. The number of aliphatic hydroxyl groups is 2. The molecule has 0 aliphatic heterocycles. The standard InChI is InChI=1S/2C12H10NO3.Fe/c2*14-12(9-5-1-2-6-9)10-7-3-4-8-11(10)13(15)16;/h2*1-8,12,14H;/q;;+2. The van der Waals surface area contributed by atoms with E-state index in [4.69, 9.17) is 0 Å². The normalized spacial score (nSPS) is 18.0. The second kappa shape index (κ2) is 12.8. The first-order valence-electron chi connectivity index (χ1n) is 9.66. The van der Waals surface area contributed by atoms with E-state index < -0.39 is 22.1 Å². The molecule has 2 N–H and O–H groups in total. The van der Waals surface area contributed by atoms with Crippen molar-refractivity contribution in [1.29, 1.82) is 0 Å². The summed E-state index contributed by atoms with van der Waals surface area (Å²) in [5.74, 6) is 1.32. The smallest absolute Gasteiger partial charge is 0.388 e. The molecule has 9 heteroatoms. The van der Waals surface area contributed by atoms with E-state index in [0.29, 0.717) is 23.0 Å². The number of nitro groups is 2. The van der Waals surface area contributed by atoms with Gasteiger partial charge in [-0.2, -0.15) is 0 Å². The predicted octanol–water partition coefficient (Wildman–Crippen LogP) is 4.06. The summed E-state index contributed by atoms with van der Waals surface area (Å²) in [6.07, 6.45) is 12.2. The maximum absolute atomic E-state index is 10.8. The molecule has 0 heterocycles. The monoisotopic (exact) mass is 488 g/mol. The Kier molecular flexibility index (Phi) is 10.4. The second-order valence-electron chi connectivity index (χ2n) is 6.87. The quantitative estimate of drug-likeness (QED) is 0.359. The minimum atomic E-state index is -0.948. The Morgan fingerprint density at radius 1 is 0.606 bits per heavy atom. The van der Waals surface area contributed by atoms with Gasteiger partial charge in [0, 0.05) is 24.0 Å². The summed E-state index contributed by atoms with van der Waals surface area (Å²) in [6.45, 7) is 0. The molecule has 2 unspecified atom stereocenters. The number of aliphatic hydroxyl groups excluding tert-OH is 2. The van der Waals surface area contributed by atoms with Gasteiger partial charge in [0.25, 0.3) is 11.4 Å². The third-order valence-electron chi connectivity index (χ3n) is 4.86. The van der Waals surface area contributed by atoms with Crippen molar-refractivity contribution in [1.82, 2.24) is 0 Å². The van der Waals surface area contributed by atoms with Gasteiger partial charge in [-0.15, -0.1) is 0 Å². The van der Waals surface area contributed by atoms with Gasteiger partial charge in [0.15, 0.2) is 0 Å². The average molecular weight is 488 g/mol. The van der Waals surface area contributed by atoms with Crippen LogP contribution in [0.1, 0.15) is 23.3 Å². The van der Waals surface area contributed by atoms with E-state index in [0.717, 1.165) is 0 Å². The van der Waals surface area contributed by atoms with Crippen molar-refractivity contribution < 1.29 is 37.1 Å². The van der Waals surface area contributed by atoms with Crippen molar-refractivity contribution in [3.63, 3.8) is 0 Å². The minimum absolute atomic E-state index is 0. The van der Waals surface area contributed by atoms with Crippen LogP contribution in [0, 0.1) is 83.4 Å². The van der Waals surface area contributed by atoms with E-state index in [9.17, 15) is 30.4 Å². The molecular weight excluding hydrogens is 468 g/mol. The predicted molar refractivity (Wildman–Crippen MR) is 117 cm³/mol. The summed E-state index contributed by atoms with van der Waals surface area (Å²) in [4.78, 5) is 20.6. The molecule has 2 atom stereocenters. The maximum atomic E-state index is 10.8. The van der Waals surface area contributed by atoms with Crippen LogP contribution in [0.2, 0.25) is 0 Å². The molecule has 0 spiro atoms. The van der Waals surface area contributed by atoms with Gasteiger partial charge in [0.1, 0.15) is 0 Å². The zero-order valence-electron chi connectivity index (χ0n) is 17.2. The summed E-state index contributed by atoms with van der Waals surface area (Å²) in [5.41, 5.74) is 0.518. The van der Waals surface area contributed by atoms with Crippen LogP contribution >= 0.6 is 0 Å². The Morgan fingerprint density at radius 2 is 0.909 bits per heavy atom. The van der Waals surface area contributed by atoms with E-state index >= 15 is 0 Å². The minimum Gasteiger partial charge on any atom is -0.388 e. The molecule has 2 aromatic rings. The Labute approximate surface area is 203 Å². The van der Waals surface area contributed by atoms with Crippen LogP contribution in [-0.2, 0) is 17.1 Å². The van der Waals surface area contributed by atoms with Crippen molar-refractivity contribution in [2.24, 2.45) is 0 Å². The van der Waals surface area contributed by atoms with Crippen LogP contribution in [0.3, 0.4) is 0 Å². The van der Waals surface area contributed by atoms with Gasteiger partial charge >= 0.3 is 17.1 Å². The fourth-order valence-electron chi connectivity index (χ4n) is 3.27. The summed E-state index contributed by atoms with van der Waals surface area (Å²) in [6, 6.07) is 12.4.